The average molecular weight is 292 g/mol. The Morgan fingerprint density at radius 2 is 2.05 bits per heavy atom. The molecule has 1 amide bonds. The lowest BCUT2D eigenvalue weighted by molar-refractivity contribution is -0.131. The van der Waals surface area contributed by atoms with Gasteiger partial charge in [-0.2, -0.15) is 0 Å². The third-order valence-corrected chi connectivity index (χ3v) is 3.79. The van der Waals surface area contributed by atoms with Gasteiger partial charge in [-0.05, 0) is 19.2 Å². The second-order valence-electron chi connectivity index (χ2n) is 5.33. The minimum absolute atomic E-state index is 0.132. The first kappa shape index (κ1) is 15.7. The summed E-state index contributed by atoms with van der Waals surface area (Å²) < 4.78 is 0. The highest BCUT2D eigenvalue weighted by Gasteiger charge is 2.21. The van der Waals surface area contributed by atoms with Gasteiger partial charge < -0.3 is 19.8 Å². The summed E-state index contributed by atoms with van der Waals surface area (Å²) in [5.74, 6) is 1.17. The van der Waals surface area contributed by atoms with E-state index in [9.17, 15) is 4.79 Å². The molecule has 6 heteroatoms. The van der Waals surface area contributed by atoms with Crippen molar-refractivity contribution in [2.75, 3.05) is 57.8 Å². The lowest BCUT2D eigenvalue weighted by Gasteiger charge is -2.35. The molecule has 2 heterocycles. The first-order valence-corrected chi connectivity index (χ1v) is 7.44. The van der Waals surface area contributed by atoms with Gasteiger partial charge in [-0.15, -0.1) is 0 Å². The van der Waals surface area contributed by atoms with Crippen molar-refractivity contribution in [2.24, 2.45) is 0 Å². The lowest BCUT2D eigenvalue weighted by atomic mass is 10.2. The van der Waals surface area contributed by atoms with Gasteiger partial charge in [0, 0.05) is 51.9 Å². The maximum atomic E-state index is 12.2. The molecule has 1 fully saturated rings. The molecule has 0 bridgehead atoms. The maximum absolute atomic E-state index is 12.2. The highest BCUT2D eigenvalue weighted by atomic mass is 16.3. The van der Waals surface area contributed by atoms with Crippen molar-refractivity contribution in [3.63, 3.8) is 0 Å². The molecule has 1 N–H and O–H groups in total. The number of likely N-dealkylation sites (N-methyl/N-ethyl adjacent to an activating group) is 1. The van der Waals surface area contributed by atoms with Crippen LogP contribution in [0.5, 0.6) is 0 Å². The van der Waals surface area contributed by atoms with Crippen LogP contribution in [0.2, 0.25) is 0 Å². The van der Waals surface area contributed by atoms with Crippen LogP contribution in [0.4, 0.5) is 5.82 Å². The van der Waals surface area contributed by atoms with Crippen LogP contribution in [0.25, 0.3) is 0 Å². The molecule has 0 radical (unpaired) electrons. The molecule has 0 aromatic carbocycles. The van der Waals surface area contributed by atoms with Crippen molar-refractivity contribution in [3.8, 4) is 0 Å². The number of carbonyl (C=O) groups excluding carboxylic acids is 1. The van der Waals surface area contributed by atoms with E-state index in [0.717, 1.165) is 32.0 Å². The van der Waals surface area contributed by atoms with Gasteiger partial charge in [0.25, 0.3) is 0 Å². The minimum atomic E-state index is 0.132. The lowest BCUT2D eigenvalue weighted by Crippen LogP contribution is -2.49. The van der Waals surface area contributed by atoms with E-state index < -0.39 is 0 Å². The van der Waals surface area contributed by atoms with E-state index in [-0.39, 0.29) is 12.5 Å². The predicted molar refractivity (Wildman–Crippen MR) is 82.2 cm³/mol. The Morgan fingerprint density at radius 1 is 1.29 bits per heavy atom. The average Bonchev–Trinajstić information content (AvgIpc) is 2.54. The summed E-state index contributed by atoms with van der Waals surface area (Å²) in [5, 5.41) is 8.84. The fraction of sp³-hybridized carbons (Fsp3) is 0.600. The Balaban J connectivity index is 1.74. The molecule has 0 saturated carbocycles. The standard InChI is InChI=1S/C15H24N4O2/c1-17(12-13-20)7-5-15(21)19-10-8-18(9-11-19)14-4-2-3-6-16-14/h2-4,6,20H,5,7-13H2,1H3. The number of aromatic nitrogens is 1. The molecule has 1 aromatic rings. The fourth-order valence-electron chi connectivity index (χ4n) is 2.45. The molecule has 2 rings (SSSR count). The quantitative estimate of drug-likeness (QED) is 0.802. The molecule has 0 aliphatic carbocycles. The van der Waals surface area contributed by atoms with Crippen LogP contribution in [0.1, 0.15) is 6.42 Å². The molecule has 0 spiro atoms. The highest BCUT2D eigenvalue weighted by Crippen LogP contribution is 2.13. The largest absolute Gasteiger partial charge is 0.395 e. The van der Waals surface area contributed by atoms with Crippen LogP contribution in [0.15, 0.2) is 24.4 Å². The van der Waals surface area contributed by atoms with Gasteiger partial charge in [0.05, 0.1) is 6.61 Å². The van der Waals surface area contributed by atoms with Crippen LogP contribution < -0.4 is 4.90 Å². The topological polar surface area (TPSA) is 59.9 Å². The number of pyridine rings is 1. The Kier molecular flexibility index (Phi) is 5.95. The summed E-state index contributed by atoms with van der Waals surface area (Å²) in [4.78, 5) is 22.6. The molecule has 116 valence electrons. The van der Waals surface area contributed by atoms with E-state index in [1.807, 2.05) is 35.0 Å². The molecular weight excluding hydrogens is 268 g/mol. The first-order chi connectivity index (χ1) is 10.2. The van der Waals surface area contributed by atoms with Crippen LogP contribution in [0, 0.1) is 0 Å². The molecule has 1 saturated heterocycles. The van der Waals surface area contributed by atoms with Gasteiger partial charge in [0.15, 0.2) is 0 Å². The normalized spacial score (nSPS) is 15.6. The Labute approximate surface area is 126 Å². The summed E-state index contributed by atoms with van der Waals surface area (Å²) in [7, 11) is 1.92. The van der Waals surface area contributed by atoms with Gasteiger partial charge in [-0.1, -0.05) is 6.07 Å². The van der Waals surface area contributed by atoms with Crippen LogP contribution in [0.3, 0.4) is 0 Å². The number of amides is 1. The van der Waals surface area contributed by atoms with Crippen molar-refractivity contribution in [1.82, 2.24) is 14.8 Å². The summed E-state index contributed by atoms with van der Waals surface area (Å²) in [6.07, 6.45) is 2.31. The van der Waals surface area contributed by atoms with Crippen LogP contribution >= 0.6 is 0 Å². The van der Waals surface area contributed by atoms with Crippen molar-refractivity contribution in [2.45, 2.75) is 6.42 Å². The van der Waals surface area contributed by atoms with Crippen molar-refractivity contribution < 1.29 is 9.90 Å². The monoisotopic (exact) mass is 292 g/mol. The molecule has 0 unspecified atom stereocenters. The second kappa shape index (κ2) is 7.95. The number of hydrogen-bond donors (Lipinski definition) is 1. The third kappa shape index (κ3) is 4.68. The van der Waals surface area contributed by atoms with E-state index in [4.69, 9.17) is 5.11 Å². The maximum Gasteiger partial charge on any atom is 0.223 e. The van der Waals surface area contributed by atoms with Crippen LogP contribution in [-0.4, -0.2) is 78.7 Å². The smallest absolute Gasteiger partial charge is 0.223 e. The van der Waals surface area contributed by atoms with E-state index in [2.05, 4.69) is 9.88 Å². The molecule has 1 aromatic heterocycles. The summed E-state index contributed by atoms with van der Waals surface area (Å²) >= 11 is 0. The van der Waals surface area contributed by atoms with Gasteiger partial charge >= 0.3 is 0 Å². The number of aliphatic hydroxyl groups is 1. The van der Waals surface area contributed by atoms with Crippen molar-refractivity contribution in [3.05, 3.63) is 24.4 Å². The molecule has 1 aliphatic rings. The number of aliphatic hydroxyl groups excluding tert-OH is 1. The molecule has 6 nitrogen and oxygen atoms in total. The number of nitrogens with zero attached hydrogens (tertiary/aromatic N) is 4. The summed E-state index contributed by atoms with van der Waals surface area (Å²) in [5.41, 5.74) is 0. The minimum Gasteiger partial charge on any atom is -0.395 e. The van der Waals surface area contributed by atoms with Crippen LogP contribution in [-0.2, 0) is 4.79 Å². The highest BCUT2D eigenvalue weighted by molar-refractivity contribution is 5.76. The van der Waals surface area contributed by atoms with Gasteiger partial charge in [-0.25, -0.2) is 4.98 Å². The van der Waals surface area contributed by atoms with Crippen molar-refractivity contribution in [1.29, 1.82) is 0 Å². The fourth-order valence-corrected chi connectivity index (χ4v) is 2.45. The van der Waals surface area contributed by atoms with E-state index in [1.165, 1.54) is 0 Å². The van der Waals surface area contributed by atoms with Gasteiger partial charge in [-0.3, -0.25) is 4.79 Å². The second-order valence-corrected chi connectivity index (χ2v) is 5.33. The van der Waals surface area contributed by atoms with E-state index in [1.54, 1.807) is 6.20 Å². The number of rotatable bonds is 6. The molecule has 21 heavy (non-hydrogen) atoms. The zero-order chi connectivity index (χ0) is 15.1. The van der Waals surface area contributed by atoms with Gasteiger partial charge in [0.2, 0.25) is 5.91 Å². The van der Waals surface area contributed by atoms with E-state index >= 15 is 0 Å². The van der Waals surface area contributed by atoms with Crippen molar-refractivity contribution >= 4 is 11.7 Å². The summed E-state index contributed by atoms with van der Waals surface area (Å²) in [6, 6.07) is 5.89. The number of piperazine rings is 1. The zero-order valence-corrected chi connectivity index (χ0v) is 12.6. The SMILES string of the molecule is CN(CCO)CCC(=O)N1CCN(c2ccccn2)CC1. The first-order valence-electron chi connectivity index (χ1n) is 7.44. The third-order valence-electron chi connectivity index (χ3n) is 3.79. The van der Waals surface area contributed by atoms with Gasteiger partial charge in [0.1, 0.15) is 5.82 Å². The van der Waals surface area contributed by atoms with E-state index in [0.29, 0.717) is 19.5 Å². The molecule has 1 aliphatic heterocycles. The zero-order valence-electron chi connectivity index (χ0n) is 12.6. The number of anilines is 1. The Morgan fingerprint density at radius 3 is 2.67 bits per heavy atom. The predicted octanol–water partition coefficient (Wildman–Crippen LogP) is 0.0444. The molecule has 0 atom stereocenters. The molecular formula is C15H24N4O2. The Hall–Kier alpha value is -1.66. The summed E-state index contributed by atoms with van der Waals surface area (Å²) in [6.45, 7) is 4.59. The Bertz CT molecular complexity index is 433. The number of carbonyl (C=O) groups is 1. The number of hydrogen-bond acceptors (Lipinski definition) is 5.